The van der Waals surface area contributed by atoms with Crippen molar-refractivity contribution in [3.8, 4) is 0 Å². The molecule has 0 radical (unpaired) electrons. The molecule has 1 atom stereocenters. The highest BCUT2D eigenvalue weighted by Gasteiger charge is 2.37. The number of furan rings is 1. The summed E-state index contributed by atoms with van der Waals surface area (Å²) in [5.74, 6) is -2.55. The topological polar surface area (TPSA) is 76.5 Å². The molecule has 1 aromatic heterocycles. The average molecular weight is 223 g/mol. The summed E-state index contributed by atoms with van der Waals surface area (Å²) in [5, 5.41) is 8.44. The maximum atomic E-state index is 12.3. The molecule has 0 unspecified atom stereocenters. The van der Waals surface area contributed by atoms with E-state index in [1.807, 2.05) is 0 Å². The molecule has 0 aliphatic rings. The highest BCUT2D eigenvalue weighted by molar-refractivity contribution is 5.73. The van der Waals surface area contributed by atoms with Gasteiger partial charge in [-0.1, -0.05) is 0 Å². The van der Waals surface area contributed by atoms with Gasteiger partial charge in [-0.25, -0.2) is 0 Å². The lowest BCUT2D eigenvalue weighted by molar-refractivity contribution is -0.154. The Bertz CT molecular complexity index is 358. The standard InChI is InChI=1S/C8H8F3NO3/c9-8(10,11)6-4(1-2-15-6)3-5(12)7(13)14/h1-2,5H,3,12H2,(H,13,14)/t5-/m0/s1. The maximum absolute atomic E-state index is 12.3. The predicted octanol–water partition coefficient (Wildman–Crippen LogP) is 1.25. The van der Waals surface area contributed by atoms with Crippen LogP contribution in [0.2, 0.25) is 0 Å². The van der Waals surface area contributed by atoms with Gasteiger partial charge in [0.25, 0.3) is 0 Å². The number of hydrogen-bond donors (Lipinski definition) is 2. The van der Waals surface area contributed by atoms with Crippen LogP contribution in [0.15, 0.2) is 16.7 Å². The molecule has 0 aliphatic carbocycles. The van der Waals surface area contributed by atoms with E-state index < -0.39 is 30.4 Å². The molecule has 1 aromatic rings. The van der Waals surface area contributed by atoms with Gasteiger partial charge in [-0.15, -0.1) is 0 Å². The average Bonchev–Trinajstić information content (AvgIpc) is 2.50. The third-order valence-electron chi connectivity index (χ3n) is 1.76. The van der Waals surface area contributed by atoms with Gasteiger partial charge in [0.05, 0.1) is 6.26 Å². The van der Waals surface area contributed by atoms with Gasteiger partial charge in [0.15, 0.2) is 0 Å². The van der Waals surface area contributed by atoms with Crippen molar-refractivity contribution in [3.63, 3.8) is 0 Å². The first-order chi connectivity index (χ1) is 6.82. The molecule has 0 aliphatic heterocycles. The van der Waals surface area contributed by atoms with Crippen molar-refractivity contribution in [2.45, 2.75) is 18.6 Å². The Morgan fingerprint density at radius 1 is 1.60 bits per heavy atom. The van der Waals surface area contributed by atoms with Gasteiger partial charge >= 0.3 is 12.1 Å². The van der Waals surface area contributed by atoms with Crippen LogP contribution in [0.4, 0.5) is 13.2 Å². The van der Waals surface area contributed by atoms with Crippen molar-refractivity contribution in [3.05, 3.63) is 23.7 Å². The Morgan fingerprint density at radius 3 is 2.67 bits per heavy atom. The number of nitrogens with two attached hydrogens (primary N) is 1. The predicted molar refractivity (Wildman–Crippen MR) is 43.0 cm³/mol. The fourth-order valence-electron chi connectivity index (χ4n) is 1.07. The van der Waals surface area contributed by atoms with Crippen LogP contribution in [0.5, 0.6) is 0 Å². The second kappa shape index (κ2) is 3.93. The Morgan fingerprint density at radius 2 is 2.20 bits per heavy atom. The normalized spacial score (nSPS) is 13.9. The summed E-state index contributed by atoms with van der Waals surface area (Å²) in [4.78, 5) is 10.3. The van der Waals surface area contributed by atoms with Crippen LogP contribution >= 0.6 is 0 Å². The van der Waals surface area contributed by atoms with Gasteiger partial charge in [0.2, 0.25) is 5.76 Å². The zero-order valence-electron chi connectivity index (χ0n) is 7.41. The van der Waals surface area contributed by atoms with Crippen LogP contribution in [0, 0.1) is 0 Å². The van der Waals surface area contributed by atoms with Crippen molar-refractivity contribution in [2.24, 2.45) is 5.73 Å². The molecule has 1 heterocycles. The monoisotopic (exact) mass is 223 g/mol. The number of carbonyl (C=O) groups is 1. The number of alkyl halides is 3. The number of carboxylic acids is 1. The smallest absolute Gasteiger partial charge is 0.449 e. The Balaban J connectivity index is 2.87. The molecule has 0 bridgehead atoms. The molecule has 84 valence electrons. The highest BCUT2D eigenvalue weighted by atomic mass is 19.4. The first kappa shape index (κ1) is 11.6. The van der Waals surface area contributed by atoms with Gasteiger partial charge < -0.3 is 15.3 Å². The molecule has 1 rings (SSSR count). The van der Waals surface area contributed by atoms with E-state index in [2.05, 4.69) is 4.42 Å². The van der Waals surface area contributed by atoms with Crippen LogP contribution in [0.1, 0.15) is 11.3 Å². The molecule has 3 N–H and O–H groups in total. The number of rotatable bonds is 3. The van der Waals surface area contributed by atoms with Gasteiger partial charge in [-0.2, -0.15) is 13.2 Å². The number of carboxylic acid groups (broad SMARTS) is 1. The van der Waals surface area contributed by atoms with E-state index in [0.29, 0.717) is 0 Å². The summed E-state index contributed by atoms with van der Waals surface area (Å²) in [7, 11) is 0. The van der Waals surface area contributed by atoms with E-state index in [1.165, 1.54) is 0 Å². The minimum atomic E-state index is -4.63. The minimum absolute atomic E-state index is 0.252. The molecule has 0 amide bonds. The quantitative estimate of drug-likeness (QED) is 0.808. The number of hydrogen-bond acceptors (Lipinski definition) is 3. The molecule has 0 fully saturated rings. The minimum Gasteiger partial charge on any atom is -0.480 e. The molecular weight excluding hydrogens is 215 g/mol. The molecule has 0 saturated heterocycles. The van der Waals surface area contributed by atoms with Crippen LogP contribution in [0.25, 0.3) is 0 Å². The van der Waals surface area contributed by atoms with E-state index in [-0.39, 0.29) is 5.56 Å². The third-order valence-corrected chi connectivity index (χ3v) is 1.76. The number of aliphatic carboxylic acids is 1. The summed E-state index contributed by atoms with van der Waals surface area (Å²) >= 11 is 0. The lowest BCUT2D eigenvalue weighted by atomic mass is 10.1. The first-order valence-corrected chi connectivity index (χ1v) is 3.94. The Hall–Kier alpha value is -1.50. The van der Waals surface area contributed by atoms with E-state index in [9.17, 15) is 18.0 Å². The molecule has 0 aromatic carbocycles. The van der Waals surface area contributed by atoms with Crippen LogP contribution in [-0.2, 0) is 17.4 Å². The van der Waals surface area contributed by atoms with Crippen molar-refractivity contribution in [2.75, 3.05) is 0 Å². The maximum Gasteiger partial charge on any atom is 0.449 e. The fraction of sp³-hybridized carbons (Fsp3) is 0.375. The zero-order chi connectivity index (χ0) is 11.6. The Kier molecular flexibility index (Phi) is 3.04. The van der Waals surface area contributed by atoms with Gasteiger partial charge in [0.1, 0.15) is 6.04 Å². The van der Waals surface area contributed by atoms with Gasteiger partial charge in [-0.3, -0.25) is 4.79 Å². The van der Waals surface area contributed by atoms with Crippen LogP contribution < -0.4 is 5.73 Å². The summed E-state index contributed by atoms with van der Waals surface area (Å²) in [6.45, 7) is 0. The van der Waals surface area contributed by atoms with Crippen molar-refractivity contribution in [1.82, 2.24) is 0 Å². The Labute approximate surface area is 82.5 Å². The molecular formula is C8H8F3NO3. The third kappa shape index (κ3) is 2.72. The largest absolute Gasteiger partial charge is 0.480 e. The lowest BCUT2D eigenvalue weighted by Gasteiger charge is -2.08. The molecule has 7 heteroatoms. The van der Waals surface area contributed by atoms with E-state index in [0.717, 1.165) is 12.3 Å². The molecule has 0 saturated carbocycles. The summed E-state index contributed by atoms with van der Waals surface area (Å²) in [6.07, 6.45) is -4.19. The molecule has 4 nitrogen and oxygen atoms in total. The fourth-order valence-corrected chi connectivity index (χ4v) is 1.07. The summed E-state index contributed by atoms with van der Waals surface area (Å²) in [6, 6.07) is -0.310. The van der Waals surface area contributed by atoms with Gasteiger partial charge in [-0.05, 0) is 6.07 Å². The van der Waals surface area contributed by atoms with Crippen LogP contribution in [-0.4, -0.2) is 17.1 Å². The second-order valence-corrected chi connectivity index (χ2v) is 2.92. The second-order valence-electron chi connectivity index (χ2n) is 2.92. The lowest BCUT2D eigenvalue weighted by Crippen LogP contribution is -2.32. The number of halogens is 3. The molecule has 0 spiro atoms. The zero-order valence-corrected chi connectivity index (χ0v) is 7.41. The molecule has 15 heavy (non-hydrogen) atoms. The summed E-state index contributed by atoms with van der Waals surface area (Å²) < 4.78 is 41.0. The van der Waals surface area contributed by atoms with Gasteiger partial charge in [0, 0.05) is 12.0 Å². The first-order valence-electron chi connectivity index (χ1n) is 3.94. The van der Waals surface area contributed by atoms with Crippen molar-refractivity contribution < 1.29 is 27.5 Å². The van der Waals surface area contributed by atoms with E-state index in [4.69, 9.17) is 10.8 Å². The highest BCUT2D eigenvalue weighted by Crippen LogP contribution is 2.33. The SMILES string of the molecule is N[C@@H](Cc1ccoc1C(F)(F)F)C(=O)O. The van der Waals surface area contributed by atoms with E-state index in [1.54, 1.807) is 0 Å². The van der Waals surface area contributed by atoms with Crippen molar-refractivity contribution in [1.29, 1.82) is 0 Å². The van der Waals surface area contributed by atoms with Crippen molar-refractivity contribution >= 4 is 5.97 Å². The van der Waals surface area contributed by atoms with Crippen LogP contribution in [0.3, 0.4) is 0 Å². The summed E-state index contributed by atoms with van der Waals surface area (Å²) in [5.41, 5.74) is 4.86. The van der Waals surface area contributed by atoms with E-state index >= 15 is 0 Å².